The van der Waals surface area contributed by atoms with Crippen LogP contribution in [0.3, 0.4) is 0 Å². The number of nitrogens with two attached hydrogens (primary N) is 1. The van der Waals surface area contributed by atoms with E-state index in [9.17, 15) is 0 Å². The third kappa shape index (κ3) is 1.95. The molecule has 0 aliphatic carbocycles. The molecule has 17 heavy (non-hydrogen) atoms. The normalized spacial score (nSPS) is 14.2. The van der Waals surface area contributed by atoms with Crippen LogP contribution < -0.4 is 5.73 Å². The number of aryl methyl sites for hydroxylation is 2. The van der Waals surface area contributed by atoms with E-state index in [2.05, 4.69) is 43.3 Å². The van der Waals surface area contributed by atoms with Crippen molar-refractivity contribution in [1.82, 2.24) is 9.55 Å². The lowest BCUT2D eigenvalue weighted by atomic mass is 9.87. The molecule has 3 nitrogen and oxygen atoms in total. The zero-order valence-corrected chi connectivity index (χ0v) is 11.3. The molecular formula is C14H21N3. The van der Waals surface area contributed by atoms with Gasteiger partial charge in [0.05, 0.1) is 17.1 Å². The predicted molar refractivity (Wildman–Crippen MR) is 71.8 cm³/mol. The van der Waals surface area contributed by atoms with E-state index in [1.54, 1.807) is 0 Å². The van der Waals surface area contributed by atoms with Crippen molar-refractivity contribution < 1.29 is 0 Å². The van der Waals surface area contributed by atoms with Gasteiger partial charge in [0.15, 0.2) is 0 Å². The summed E-state index contributed by atoms with van der Waals surface area (Å²) in [6.07, 6.45) is 0. The Bertz CT molecular complexity index is 546. The van der Waals surface area contributed by atoms with E-state index in [4.69, 9.17) is 5.73 Å². The predicted octanol–water partition coefficient (Wildman–Crippen LogP) is 2.93. The van der Waals surface area contributed by atoms with Gasteiger partial charge in [-0.2, -0.15) is 0 Å². The number of fused-ring (bicyclic) bond motifs is 1. The van der Waals surface area contributed by atoms with Crippen molar-refractivity contribution in [2.45, 2.75) is 33.7 Å². The lowest BCUT2D eigenvalue weighted by Crippen LogP contribution is -2.28. The first-order valence-corrected chi connectivity index (χ1v) is 6.00. The number of benzene rings is 1. The zero-order chi connectivity index (χ0) is 12.8. The van der Waals surface area contributed by atoms with Gasteiger partial charge in [0, 0.05) is 7.05 Å². The van der Waals surface area contributed by atoms with Crippen LogP contribution in [-0.4, -0.2) is 9.55 Å². The van der Waals surface area contributed by atoms with Crippen molar-refractivity contribution in [2.24, 2.45) is 18.2 Å². The highest BCUT2D eigenvalue weighted by Crippen LogP contribution is 2.31. The summed E-state index contributed by atoms with van der Waals surface area (Å²) in [6.45, 7) is 8.54. The highest BCUT2D eigenvalue weighted by atomic mass is 15.1. The molecule has 0 fully saturated rings. The second-order valence-electron chi connectivity index (χ2n) is 5.82. The summed E-state index contributed by atoms with van der Waals surface area (Å²) < 4.78 is 2.13. The molecule has 2 rings (SSSR count). The van der Waals surface area contributed by atoms with E-state index in [1.807, 2.05) is 19.2 Å². The molecule has 0 aliphatic heterocycles. The molecule has 3 heteroatoms. The Kier molecular flexibility index (Phi) is 2.74. The average Bonchev–Trinajstić information content (AvgIpc) is 2.55. The van der Waals surface area contributed by atoms with E-state index in [-0.39, 0.29) is 11.5 Å². The van der Waals surface area contributed by atoms with Crippen LogP contribution >= 0.6 is 0 Å². The monoisotopic (exact) mass is 231 g/mol. The van der Waals surface area contributed by atoms with Gasteiger partial charge in [0.25, 0.3) is 0 Å². The number of hydrogen-bond acceptors (Lipinski definition) is 2. The van der Waals surface area contributed by atoms with Crippen LogP contribution in [0.1, 0.15) is 38.2 Å². The third-order valence-electron chi connectivity index (χ3n) is 3.34. The first-order valence-electron chi connectivity index (χ1n) is 6.00. The van der Waals surface area contributed by atoms with E-state index >= 15 is 0 Å². The summed E-state index contributed by atoms with van der Waals surface area (Å²) in [5.41, 5.74) is 9.77. The standard InChI is InChI=1S/C14H21N3/c1-9-7-6-8-10-11(9)17(5)13(16-10)12(15)14(2,3)4/h6-8,12H,15H2,1-5H3. The minimum absolute atomic E-state index is 0.0169. The van der Waals surface area contributed by atoms with Crippen LogP contribution in [0.2, 0.25) is 0 Å². The number of aromatic nitrogens is 2. The molecule has 0 saturated heterocycles. The SMILES string of the molecule is Cc1cccc2nc(C(N)C(C)(C)C)n(C)c12. The van der Waals surface area contributed by atoms with Crippen molar-refractivity contribution in [3.63, 3.8) is 0 Å². The maximum absolute atomic E-state index is 6.30. The number of para-hydroxylation sites is 1. The molecule has 0 saturated carbocycles. The number of rotatable bonds is 1. The summed E-state index contributed by atoms with van der Waals surface area (Å²) in [5, 5.41) is 0. The molecule has 0 spiro atoms. The lowest BCUT2D eigenvalue weighted by molar-refractivity contribution is 0.311. The minimum atomic E-state index is -0.0562. The van der Waals surface area contributed by atoms with Crippen molar-refractivity contribution in [2.75, 3.05) is 0 Å². The van der Waals surface area contributed by atoms with Gasteiger partial charge in [-0.25, -0.2) is 4.98 Å². The van der Waals surface area contributed by atoms with Crippen LogP contribution in [0.5, 0.6) is 0 Å². The average molecular weight is 231 g/mol. The Morgan fingerprint density at radius 1 is 1.29 bits per heavy atom. The highest BCUT2D eigenvalue weighted by molar-refractivity contribution is 5.79. The van der Waals surface area contributed by atoms with Crippen molar-refractivity contribution in [3.05, 3.63) is 29.6 Å². The minimum Gasteiger partial charge on any atom is -0.330 e. The van der Waals surface area contributed by atoms with Gasteiger partial charge in [-0.3, -0.25) is 0 Å². The molecule has 0 radical (unpaired) electrons. The van der Waals surface area contributed by atoms with E-state index in [1.165, 1.54) is 11.1 Å². The molecule has 1 unspecified atom stereocenters. The van der Waals surface area contributed by atoms with Crippen molar-refractivity contribution in [3.8, 4) is 0 Å². The van der Waals surface area contributed by atoms with Gasteiger partial charge in [-0.05, 0) is 24.0 Å². The van der Waals surface area contributed by atoms with Gasteiger partial charge in [0.2, 0.25) is 0 Å². The van der Waals surface area contributed by atoms with Crippen LogP contribution in [0.4, 0.5) is 0 Å². The fourth-order valence-corrected chi connectivity index (χ4v) is 2.15. The lowest BCUT2D eigenvalue weighted by Gasteiger charge is -2.26. The maximum Gasteiger partial charge on any atom is 0.127 e. The van der Waals surface area contributed by atoms with E-state index in [0.29, 0.717) is 0 Å². The number of nitrogens with zero attached hydrogens (tertiary/aromatic N) is 2. The molecule has 1 aromatic carbocycles. The van der Waals surface area contributed by atoms with Gasteiger partial charge >= 0.3 is 0 Å². The highest BCUT2D eigenvalue weighted by Gasteiger charge is 2.26. The fraction of sp³-hybridized carbons (Fsp3) is 0.500. The smallest absolute Gasteiger partial charge is 0.127 e. The first-order chi connectivity index (χ1) is 7.82. The van der Waals surface area contributed by atoms with Gasteiger partial charge in [-0.1, -0.05) is 32.9 Å². The van der Waals surface area contributed by atoms with Crippen LogP contribution in [0.25, 0.3) is 11.0 Å². The molecular weight excluding hydrogens is 210 g/mol. The molecule has 2 aromatic rings. The zero-order valence-electron chi connectivity index (χ0n) is 11.3. The van der Waals surface area contributed by atoms with Crippen LogP contribution in [-0.2, 0) is 7.05 Å². The first kappa shape index (κ1) is 12.1. The summed E-state index contributed by atoms with van der Waals surface area (Å²) in [5.74, 6) is 0.960. The Labute approximate surface area is 103 Å². The van der Waals surface area contributed by atoms with E-state index < -0.39 is 0 Å². The molecule has 0 aliphatic rings. The van der Waals surface area contributed by atoms with Gasteiger partial charge in [-0.15, -0.1) is 0 Å². The van der Waals surface area contributed by atoms with Crippen LogP contribution in [0, 0.1) is 12.3 Å². The van der Waals surface area contributed by atoms with Gasteiger partial charge < -0.3 is 10.3 Å². The molecule has 1 aromatic heterocycles. The molecule has 1 atom stereocenters. The molecule has 0 amide bonds. The summed E-state index contributed by atoms with van der Waals surface area (Å²) in [4.78, 5) is 4.68. The fourth-order valence-electron chi connectivity index (χ4n) is 2.15. The van der Waals surface area contributed by atoms with Crippen molar-refractivity contribution >= 4 is 11.0 Å². The van der Waals surface area contributed by atoms with Crippen LogP contribution in [0.15, 0.2) is 18.2 Å². The molecule has 92 valence electrons. The van der Waals surface area contributed by atoms with Gasteiger partial charge in [0.1, 0.15) is 5.82 Å². The summed E-state index contributed by atoms with van der Waals surface area (Å²) >= 11 is 0. The largest absolute Gasteiger partial charge is 0.330 e. The Morgan fingerprint density at radius 2 is 1.94 bits per heavy atom. The van der Waals surface area contributed by atoms with E-state index in [0.717, 1.165) is 11.3 Å². The summed E-state index contributed by atoms with van der Waals surface area (Å²) in [7, 11) is 2.04. The Morgan fingerprint density at radius 3 is 2.47 bits per heavy atom. The Balaban J connectivity index is 2.65. The second-order valence-corrected chi connectivity index (χ2v) is 5.82. The number of hydrogen-bond donors (Lipinski definition) is 1. The topological polar surface area (TPSA) is 43.8 Å². The second kappa shape index (κ2) is 3.84. The number of imidazole rings is 1. The summed E-state index contributed by atoms with van der Waals surface area (Å²) in [6, 6.07) is 6.13. The molecule has 0 bridgehead atoms. The third-order valence-corrected chi connectivity index (χ3v) is 3.34. The van der Waals surface area contributed by atoms with Crippen molar-refractivity contribution in [1.29, 1.82) is 0 Å². The molecule has 1 heterocycles. The Hall–Kier alpha value is -1.35. The maximum atomic E-state index is 6.30. The molecule has 2 N–H and O–H groups in total. The quantitative estimate of drug-likeness (QED) is 0.820.